The van der Waals surface area contributed by atoms with Gasteiger partial charge in [0.1, 0.15) is 11.4 Å². The van der Waals surface area contributed by atoms with Crippen LogP contribution in [0, 0.1) is 13.8 Å². The Morgan fingerprint density at radius 2 is 1.78 bits per heavy atom. The average molecular weight is 508 g/mol. The molecule has 4 amide bonds. The van der Waals surface area contributed by atoms with E-state index in [-0.39, 0.29) is 24.1 Å². The number of anilines is 1. The molecule has 3 N–H and O–H groups in total. The second kappa shape index (κ2) is 11.7. The number of ether oxygens (including phenoxy) is 1. The average Bonchev–Trinajstić information content (AvgIpc) is 3.39. The van der Waals surface area contributed by atoms with Crippen LogP contribution in [0.15, 0.2) is 53.9 Å². The zero-order chi connectivity index (χ0) is 25.5. The molecule has 0 atom stereocenters. The number of carbonyl (C=O) groups excluding carboxylic acids is 3. The van der Waals surface area contributed by atoms with Gasteiger partial charge in [-0.2, -0.15) is 0 Å². The van der Waals surface area contributed by atoms with Crippen molar-refractivity contribution in [2.75, 3.05) is 25.0 Å². The number of hydrogen-bond acceptors (Lipinski definition) is 6. The van der Waals surface area contributed by atoms with Gasteiger partial charge in [-0.25, -0.2) is 15.2 Å². The van der Waals surface area contributed by atoms with Crippen molar-refractivity contribution < 1.29 is 19.1 Å². The van der Waals surface area contributed by atoms with Gasteiger partial charge in [-0.3, -0.25) is 15.0 Å². The summed E-state index contributed by atoms with van der Waals surface area (Å²) < 4.78 is 5.69. The van der Waals surface area contributed by atoms with E-state index in [9.17, 15) is 14.4 Å². The molecule has 9 nitrogen and oxygen atoms in total. The van der Waals surface area contributed by atoms with Crippen molar-refractivity contribution in [3.8, 4) is 5.75 Å². The molecular weight excluding hydrogens is 478 g/mol. The standard InChI is InChI=1S/C26H29N5O4S/c1-17-8-9-21(14-18(17)2)35-15-23(32)31-12-10-19(11-13-31)25-28-22(16-36-25)24(33)29-30-26(34)27-20-6-4-3-5-7-20/h3-9,14,16,19H,10-13,15H2,1-2H3,(H,29,33)(H2,27,30,34). The molecule has 2 aromatic carbocycles. The predicted molar refractivity (Wildman–Crippen MR) is 138 cm³/mol. The van der Waals surface area contributed by atoms with Crippen LogP contribution in [-0.2, 0) is 4.79 Å². The number of likely N-dealkylation sites (tertiary alicyclic amines) is 1. The molecule has 0 radical (unpaired) electrons. The minimum atomic E-state index is -0.552. The Morgan fingerprint density at radius 3 is 2.50 bits per heavy atom. The Hall–Kier alpha value is -3.92. The maximum Gasteiger partial charge on any atom is 0.337 e. The first-order chi connectivity index (χ1) is 17.4. The van der Waals surface area contributed by atoms with E-state index >= 15 is 0 Å². The third-order valence-corrected chi connectivity index (χ3v) is 7.12. The van der Waals surface area contributed by atoms with Crippen LogP contribution in [-0.4, -0.2) is 47.4 Å². The van der Waals surface area contributed by atoms with Crippen LogP contribution in [0.5, 0.6) is 5.75 Å². The normalized spacial score (nSPS) is 13.7. The van der Waals surface area contributed by atoms with E-state index in [1.807, 2.05) is 43.0 Å². The highest BCUT2D eigenvalue weighted by Gasteiger charge is 2.26. The number of hydrogen-bond donors (Lipinski definition) is 3. The lowest BCUT2D eigenvalue weighted by molar-refractivity contribution is -0.134. The summed E-state index contributed by atoms with van der Waals surface area (Å²) in [4.78, 5) is 43.2. The summed E-state index contributed by atoms with van der Waals surface area (Å²) in [6.07, 6.45) is 1.53. The molecule has 1 saturated heterocycles. The van der Waals surface area contributed by atoms with Crippen molar-refractivity contribution in [1.82, 2.24) is 20.7 Å². The number of para-hydroxylation sites is 1. The number of aryl methyl sites for hydroxylation is 2. The van der Waals surface area contributed by atoms with Gasteiger partial charge in [0.2, 0.25) is 0 Å². The van der Waals surface area contributed by atoms with Gasteiger partial charge in [0.15, 0.2) is 6.61 Å². The summed E-state index contributed by atoms with van der Waals surface area (Å²) in [5.74, 6) is 0.347. The summed E-state index contributed by atoms with van der Waals surface area (Å²) in [6.45, 7) is 5.29. The van der Waals surface area contributed by atoms with E-state index in [0.29, 0.717) is 24.5 Å². The first-order valence-electron chi connectivity index (χ1n) is 11.7. The molecular formula is C26H29N5O4S. The minimum absolute atomic E-state index is 0.0135. The third kappa shape index (κ3) is 6.60. The number of hydrazine groups is 1. The van der Waals surface area contributed by atoms with Gasteiger partial charge >= 0.3 is 6.03 Å². The lowest BCUT2D eigenvalue weighted by atomic mass is 9.97. The fourth-order valence-electron chi connectivity index (χ4n) is 3.86. The molecule has 0 spiro atoms. The second-order valence-corrected chi connectivity index (χ2v) is 9.55. The Kier molecular flexibility index (Phi) is 8.17. The van der Waals surface area contributed by atoms with Gasteiger partial charge in [0, 0.05) is 30.1 Å². The highest BCUT2D eigenvalue weighted by molar-refractivity contribution is 7.09. The van der Waals surface area contributed by atoms with E-state index in [0.717, 1.165) is 23.4 Å². The minimum Gasteiger partial charge on any atom is -0.484 e. The number of piperidine rings is 1. The first kappa shape index (κ1) is 25.2. The molecule has 3 aromatic rings. The van der Waals surface area contributed by atoms with Crippen molar-refractivity contribution >= 4 is 34.9 Å². The highest BCUT2D eigenvalue weighted by Crippen LogP contribution is 2.30. The summed E-state index contributed by atoms with van der Waals surface area (Å²) in [5, 5.41) is 5.15. The molecule has 188 valence electrons. The highest BCUT2D eigenvalue weighted by atomic mass is 32.1. The Labute approximate surface area is 213 Å². The number of rotatable bonds is 6. The quantitative estimate of drug-likeness (QED) is 0.437. The van der Waals surface area contributed by atoms with Gasteiger partial charge in [-0.15, -0.1) is 11.3 Å². The molecule has 1 aliphatic rings. The molecule has 10 heteroatoms. The fourth-order valence-corrected chi connectivity index (χ4v) is 4.83. The molecule has 0 unspecified atom stereocenters. The van der Waals surface area contributed by atoms with E-state index in [1.165, 1.54) is 16.9 Å². The molecule has 1 aliphatic heterocycles. The van der Waals surface area contributed by atoms with Gasteiger partial charge in [0.25, 0.3) is 11.8 Å². The number of aromatic nitrogens is 1. The first-order valence-corrected chi connectivity index (χ1v) is 12.6. The SMILES string of the molecule is Cc1ccc(OCC(=O)N2CCC(c3nc(C(=O)NNC(=O)Nc4ccccc4)cs3)CC2)cc1C. The maximum atomic E-state index is 12.6. The van der Waals surface area contributed by atoms with Crippen LogP contribution in [0.25, 0.3) is 0 Å². The monoisotopic (exact) mass is 507 g/mol. The van der Waals surface area contributed by atoms with Crippen LogP contribution in [0.4, 0.5) is 10.5 Å². The van der Waals surface area contributed by atoms with Gasteiger partial charge in [-0.1, -0.05) is 24.3 Å². The lowest BCUT2D eigenvalue weighted by Crippen LogP contribution is -2.44. The van der Waals surface area contributed by atoms with E-state index < -0.39 is 11.9 Å². The number of benzene rings is 2. The Morgan fingerprint density at radius 1 is 1.03 bits per heavy atom. The second-order valence-electron chi connectivity index (χ2n) is 8.66. The van der Waals surface area contributed by atoms with E-state index in [1.54, 1.807) is 29.6 Å². The number of thiazole rings is 1. The summed E-state index contributed by atoms with van der Waals surface area (Å²) >= 11 is 1.41. The molecule has 1 fully saturated rings. The number of urea groups is 1. The maximum absolute atomic E-state index is 12.6. The molecule has 0 bridgehead atoms. The van der Waals surface area contributed by atoms with Crippen molar-refractivity contribution in [1.29, 1.82) is 0 Å². The Bertz CT molecular complexity index is 1220. The van der Waals surface area contributed by atoms with Crippen LogP contribution >= 0.6 is 11.3 Å². The largest absolute Gasteiger partial charge is 0.484 e. The number of nitrogens with one attached hydrogen (secondary N) is 3. The van der Waals surface area contributed by atoms with E-state index in [4.69, 9.17) is 4.74 Å². The lowest BCUT2D eigenvalue weighted by Gasteiger charge is -2.31. The third-order valence-electron chi connectivity index (χ3n) is 6.11. The van der Waals surface area contributed by atoms with Gasteiger partial charge < -0.3 is 15.0 Å². The zero-order valence-electron chi connectivity index (χ0n) is 20.2. The van der Waals surface area contributed by atoms with Crippen molar-refractivity contribution in [3.63, 3.8) is 0 Å². The molecule has 2 heterocycles. The van der Waals surface area contributed by atoms with Crippen molar-refractivity contribution in [2.45, 2.75) is 32.6 Å². The molecule has 1 aromatic heterocycles. The van der Waals surface area contributed by atoms with E-state index in [2.05, 4.69) is 21.2 Å². The summed E-state index contributed by atoms with van der Waals surface area (Å²) in [7, 11) is 0. The molecule has 0 aliphatic carbocycles. The summed E-state index contributed by atoms with van der Waals surface area (Å²) in [5.41, 5.74) is 7.86. The van der Waals surface area contributed by atoms with Gasteiger partial charge in [-0.05, 0) is 62.1 Å². The zero-order valence-corrected chi connectivity index (χ0v) is 21.1. The molecule has 0 saturated carbocycles. The van der Waals surface area contributed by atoms with Gasteiger partial charge in [0.05, 0.1) is 5.01 Å². The summed E-state index contributed by atoms with van der Waals surface area (Å²) in [6, 6.07) is 14.2. The van der Waals surface area contributed by atoms with Crippen molar-refractivity contribution in [2.24, 2.45) is 0 Å². The number of amides is 4. The van der Waals surface area contributed by atoms with Crippen LogP contribution in [0.2, 0.25) is 0 Å². The van der Waals surface area contributed by atoms with Crippen molar-refractivity contribution in [3.05, 3.63) is 75.7 Å². The van der Waals surface area contributed by atoms with Crippen LogP contribution < -0.4 is 20.9 Å². The number of carbonyl (C=O) groups is 3. The smallest absolute Gasteiger partial charge is 0.337 e. The van der Waals surface area contributed by atoms with Crippen LogP contribution in [0.3, 0.4) is 0 Å². The van der Waals surface area contributed by atoms with Crippen LogP contribution in [0.1, 0.15) is 45.4 Å². The topological polar surface area (TPSA) is 113 Å². The Balaban J connectivity index is 1.21. The predicted octanol–water partition coefficient (Wildman–Crippen LogP) is 4.01. The molecule has 4 rings (SSSR count). The number of nitrogens with zero attached hydrogens (tertiary/aromatic N) is 2. The molecule has 36 heavy (non-hydrogen) atoms. The fraction of sp³-hybridized carbons (Fsp3) is 0.308.